The monoisotopic (exact) mass is 358 g/mol. The Hall–Kier alpha value is -1.26. The van der Waals surface area contributed by atoms with Crippen LogP contribution in [0.15, 0.2) is 18.2 Å². The van der Waals surface area contributed by atoms with Crippen molar-refractivity contribution in [2.75, 3.05) is 11.9 Å². The van der Waals surface area contributed by atoms with E-state index in [1.165, 1.54) is 38.2 Å². The molecule has 128 valence electrons. The molecule has 0 spiro atoms. The maximum absolute atomic E-state index is 11.8. The molecule has 0 saturated heterocycles. The van der Waals surface area contributed by atoms with Crippen molar-refractivity contribution in [1.29, 1.82) is 0 Å². The molecule has 0 aliphatic heterocycles. The fourth-order valence-electron chi connectivity index (χ4n) is 2.13. The van der Waals surface area contributed by atoms with Crippen LogP contribution < -0.4 is 10.6 Å². The minimum atomic E-state index is -0.725. The van der Waals surface area contributed by atoms with Gasteiger partial charge in [-0.3, -0.25) is 9.59 Å². The van der Waals surface area contributed by atoms with E-state index in [1.54, 1.807) is 12.1 Å². The van der Waals surface area contributed by atoms with Gasteiger partial charge in [0.15, 0.2) is 0 Å². The van der Waals surface area contributed by atoms with Gasteiger partial charge in [-0.25, -0.2) is 0 Å². The molecule has 1 aromatic carbocycles. The third-order valence-electron chi connectivity index (χ3n) is 3.45. The van der Waals surface area contributed by atoms with Gasteiger partial charge in [-0.2, -0.15) is 0 Å². The molecular weight excluding hydrogens is 335 g/mol. The molecule has 0 heterocycles. The van der Waals surface area contributed by atoms with Crippen molar-refractivity contribution in [2.45, 2.75) is 51.9 Å². The van der Waals surface area contributed by atoms with Gasteiger partial charge in [0.2, 0.25) is 0 Å². The molecule has 4 nitrogen and oxygen atoms in total. The van der Waals surface area contributed by atoms with Gasteiger partial charge < -0.3 is 10.6 Å². The molecule has 0 aliphatic carbocycles. The third kappa shape index (κ3) is 8.24. The lowest BCUT2D eigenvalue weighted by Gasteiger charge is -2.08. The Bertz CT molecular complexity index is 521. The van der Waals surface area contributed by atoms with E-state index in [4.69, 9.17) is 23.2 Å². The number of unbranched alkanes of at least 4 members (excludes halogenated alkanes) is 6. The molecule has 1 aromatic rings. The van der Waals surface area contributed by atoms with Gasteiger partial charge in [0.25, 0.3) is 0 Å². The first-order chi connectivity index (χ1) is 11.0. The highest BCUT2D eigenvalue weighted by molar-refractivity contribution is 6.42. The number of nitrogens with one attached hydrogen (secondary N) is 2. The van der Waals surface area contributed by atoms with Crippen molar-refractivity contribution in [3.8, 4) is 0 Å². The van der Waals surface area contributed by atoms with Gasteiger partial charge in [-0.05, 0) is 24.6 Å². The van der Waals surface area contributed by atoms with Gasteiger partial charge in [0, 0.05) is 11.6 Å². The topological polar surface area (TPSA) is 58.2 Å². The van der Waals surface area contributed by atoms with Gasteiger partial charge in [-0.1, -0.05) is 68.7 Å². The zero-order valence-corrected chi connectivity index (χ0v) is 15.0. The van der Waals surface area contributed by atoms with E-state index in [0.717, 1.165) is 12.8 Å². The minimum absolute atomic E-state index is 0.297. The summed E-state index contributed by atoms with van der Waals surface area (Å²) in [4.78, 5) is 23.5. The molecule has 0 aliphatic rings. The largest absolute Gasteiger partial charge is 0.348 e. The molecule has 2 amide bonds. The number of carbonyl (C=O) groups is 2. The van der Waals surface area contributed by atoms with Crippen LogP contribution in [0.25, 0.3) is 0 Å². The summed E-state index contributed by atoms with van der Waals surface area (Å²) in [7, 11) is 0. The molecule has 1 rings (SSSR count). The van der Waals surface area contributed by atoms with Gasteiger partial charge in [0.1, 0.15) is 0 Å². The smallest absolute Gasteiger partial charge is 0.313 e. The Balaban J connectivity index is 2.20. The lowest BCUT2D eigenvalue weighted by Crippen LogP contribution is -2.35. The number of carbonyl (C=O) groups excluding carboxylic acids is 2. The van der Waals surface area contributed by atoms with Crippen molar-refractivity contribution in [1.82, 2.24) is 5.32 Å². The second kappa shape index (κ2) is 11.3. The van der Waals surface area contributed by atoms with Gasteiger partial charge >= 0.3 is 11.8 Å². The number of rotatable bonds is 9. The molecule has 0 bridgehead atoms. The van der Waals surface area contributed by atoms with Crippen LogP contribution in [0.2, 0.25) is 10.0 Å². The maximum atomic E-state index is 11.8. The number of hydrogen-bond acceptors (Lipinski definition) is 2. The summed E-state index contributed by atoms with van der Waals surface area (Å²) in [5.41, 5.74) is 0.368. The Morgan fingerprint density at radius 2 is 1.61 bits per heavy atom. The first-order valence-corrected chi connectivity index (χ1v) is 8.84. The quantitative estimate of drug-likeness (QED) is 0.492. The summed E-state index contributed by atoms with van der Waals surface area (Å²) in [5.74, 6) is -1.38. The van der Waals surface area contributed by atoms with E-state index >= 15 is 0 Å². The molecule has 0 unspecified atom stereocenters. The highest BCUT2D eigenvalue weighted by atomic mass is 35.5. The summed E-state index contributed by atoms with van der Waals surface area (Å²) in [6.45, 7) is 2.70. The summed E-state index contributed by atoms with van der Waals surface area (Å²) >= 11 is 11.7. The van der Waals surface area contributed by atoms with E-state index in [-0.39, 0.29) is 0 Å². The molecule has 0 radical (unpaired) electrons. The fourth-order valence-corrected chi connectivity index (χ4v) is 2.59. The number of amides is 2. The van der Waals surface area contributed by atoms with Crippen molar-refractivity contribution in [3.05, 3.63) is 28.2 Å². The highest BCUT2D eigenvalue weighted by Crippen LogP contribution is 2.25. The van der Waals surface area contributed by atoms with Crippen molar-refractivity contribution >= 4 is 40.7 Å². The van der Waals surface area contributed by atoms with Crippen molar-refractivity contribution < 1.29 is 9.59 Å². The molecule has 6 heteroatoms. The Morgan fingerprint density at radius 1 is 0.957 bits per heavy atom. The summed E-state index contributed by atoms with van der Waals surface area (Å²) in [6.07, 6.45) is 8.14. The standard InChI is InChI=1S/C17H24Cl2N2O2/c1-2-3-4-5-6-7-8-11-20-16(22)17(23)21-15-10-9-13(18)12-14(15)19/h9-10,12H,2-8,11H2,1H3,(H,20,22)(H,21,23). The molecule has 0 saturated carbocycles. The lowest BCUT2D eigenvalue weighted by molar-refractivity contribution is -0.136. The number of hydrogen-bond donors (Lipinski definition) is 2. The molecular formula is C17H24Cl2N2O2. The minimum Gasteiger partial charge on any atom is -0.348 e. The van der Waals surface area contributed by atoms with Crippen LogP contribution in [0.4, 0.5) is 5.69 Å². The Kier molecular flexibility index (Phi) is 9.72. The van der Waals surface area contributed by atoms with Gasteiger partial charge in [0.05, 0.1) is 10.7 Å². The normalized spacial score (nSPS) is 10.4. The SMILES string of the molecule is CCCCCCCCCNC(=O)C(=O)Nc1ccc(Cl)cc1Cl. The van der Waals surface area contributed by atoms with Crippen LogP contribution in [-0.4, -0.2) is 18.4 Å². The molecule has 0 fully saturated rings. The van der Waals surface area contributed by atoms with E-state index in [0.29, 0.717) is 22.3 Å². The van der Waals surface area contributed by atoms with Gasteiger partial charge in [-0.15, -0.1) is 0 Å². The summed E-state index contributed by atoms with van der Waals surface area (Å²) in [5, 5.41) is 5.85. The van der Waals surface area contributed by atoms with E-state index < -0.39 is 11.8 Å². The predicted octanol–water partition coefficient (Wildman–Crippen LogP) is 4.80. The Labute approximate surface area is 147 Å². The third-order valence-corrected chi connectivity index (χ3v) is 4.00. The van der Waals surface area contributed by atoms with Crippen molar-refractivity contribution in [2.24, 2.45) is 0 Å². The van der Waals surface area contributed by atoms with E-state index in [2.05, 4.69) is 17.6 Å². The van der Waals surface area contributed by atoms with Crippen LogP contribution in [0.1, 0.15) is 51.9 Å². The Morgan fingerprint density at radius 3 is 2.26 bits per heavy atom. The number of anilines is 1. The first-order valence-electron chi connectivity index (χ1n) is 8.08. The average molecular weight is 359 g/mol. The fraction of sp³-hybridized carbons (Fsp3) is 0.529. The second-order valence-corrected chi connectivity index (χ2v) is 6.30. The summed E-state index contributed by atoms with van der Waals surface area (Å²) in [6, 6.07) is 4.67. The number of halogens is 2. The highest BCUT2D eigenvalue weighted by Gasteiger charge is 2.14. The molecule has 23 heavy (non-hydrogen) atoms. The second-order valence-electron chi connectivity index (χ2n) is 5.46. The first kappa shape index (κ1) is 19.8. The zero-order chi connectivity index (χ0) is 17.1. The molecule has 0 aromatic heterocycles. The lowest BCUT2D eigenvalue weighted by atomic mass is 10.1. The average Bonchev–Trinajstić information content (AvgIpc) is 2.52. The van der Waals surface area contributed by atoms with Crippen LogP contribution >= 0.6 is 23.2 Å². The zero-order valence-electron chi connectivity index (χ0n) is 13.5. The van der Waals surface area contributed by atoms with E-state index in [9.17, 15) is 9.59 Å². The van der Waals surface area contributed by atoms with Crippen LogP contribution in [0.5, 0.6) is 0 Å². The van der Waals surface area contributed by atoms with Crippen LogP contribution in [0, 0.1) is 0 Å². The number of benzene rings is 1. The molecule has 0 atom stereocenters. The summed E-state index contributed by atoms with van der Waals surface area (Å²) < 4.78 is 0. The van der Waals surface area contributed by atoms with E-state index in [1.807, 2.05) is 0 Å². The van der Waals surface area contributed by atoms with Crippen LogP contribution in [-0.2, 0) is 9.59 Å². The van der Waals surface area contributed by atoms with Crippen LogP contribution in [0.3, 0.4) is 0 Å². The molecule has 2 N–H and O–H groups in total. The maximum Gasteiger partial charge on any atom is 0.313 e. The van der Waals surface area contributed by atoms with Crippen molar-refractivity contribution in [3.63, 3.8) is 0 Å². The predicted molar refractivity (Wildman–Crippen MR) is 96.1 cm³/mol.